The maximum atomic E-state index is 12.5. The molecular formula is C27H28N2O4. The summed E-state index contributed by atoms with van der Waals surface area (Å²) in [4.78, 5) is 17.1. The summed E-state index contributed by atoms with van der Waals surface area (Å²) < 4.78 is 18.7. The van der Waals surface area contributed by atoms with Gasteiger partial charge in [-0.3, -0.25) is 0 Å². The molecule has 0 amide bonds. The van der Waals surface area contributed by atoms with Crippen LogP contribution in [-0.2, 0) is 27.9 Å². The SMILES string of the molecule is COC(=O)C(C)(Cc1ccc(OCCc2nc(-c3ccccc3)oc2C)cc1)n1cccc1. The van der Waals surface area contributed by atoms with Crippen molar-refractivity contribution in [3.63, 3.8) is 0 Å². The summed E-state index contributed by atoms with van der Waals surface area (Å²) in [6, 6.07) is 21.5. The first-order chi connectivity index (χ1) is 16.0. The Hall–Kier alpha value is -3.80. The van der Waals surface area contributed by atoms with E-state index in [4.69, 9.17) is 13.9 Å². The molecule has 1 unspecified atom stereocenters. The van der Waals surface area contributed by atoms with Gasteiger partial charge in [0, 0.05) is 30.8 Å². The minimum absolute atomic E-state index is 0.281. The molecule has 0 N–H and O–H groups in total. The Morgan fingerprint density at radius 3 is 2.39 bits per heavy atom. The number of aryl methyl sites for hydroxylation is 1. The molecule has 0 saturated heterocycles. The number of methoxy groups -OCH3 is 1. The molecule has 0 aliphatic carbocycles. The summed E-state index contributed by atoms with van der Waals surface area (Å²) in [7, 11) is 1.42. The first-order valence-corrected chi connectivity index (χ1v) is 10.9. The van der Waals surface area contributed by atoms with Crippen LogP contribution >= 0.6 is 0 Å². The fourth-order valence-corrected chi connectivity index (χ4v) is 3.88. The number of nitrogens with zero attached hydrogens (tertiary/aromatic N) is 2. The molecule has 6 nitrogen and oxygen atoms in total. The summed E-state index contributed by atoms with van der Waals surface area (Å²) >= 11 is 0. The van der Waals surface area contributed by atoms with Gasteiger partial charge in [0.2, 0.25) is 5.89 Å². The van der Waals surface area contributed by atoms with Gasteiger partial charge in [-0.2, -0.15) is 0 Å². The molecule has 0 bridgehead atoms. The number of hydrogen-bond acceptors (Lipinski definition) is 5. The van der Waals surface area contributed by atoms with Crippen molar-refractivity contribution in [3.8, 4) is 17.2 Å². The van der Waals surface area contributed by atoms with E-state index in [0.717, 1.165) is 28.3 Å². The number of esters is 1. The Labute approximate surface area is 193 Å². The van der Waals surface area contributed by atoms with Gasteiger partial charge in [0.05, 0.1) is 19.4 Å². The smallest absolute Gasteiger partial charge is 0.332 e. The highest BCUT2D eigenvalue weighted by molar-refractivity contribution is 5.78. The van der Waals surface area contributed by atoms with Crippen molar-refractivity contribution in [2.75, 3.05) is 13.7 Å². The molecule has 0 radical (unpaired) electrons. The normalized spacial score (nSPS) is 12.8. The third-order valence-electron chi connectivity index (χ3n) is 5.79. The zero-order chi connectivity index (χ0) is 23.3. The fraction of sp³-hybridized carbons (Fsp3) is 0.259. The van der Waals surface area contributed by atoms with E-state index in [1.165, 1.54) is 7.11 Å². The van der Waals surface area contributed by atoms with E-state index in [2.05, 4.69) is 4.98 Å². The van der Waals surface area contributed by atoms with E-state index in [1.54, 1.807) is 0 Å². The molecule has 0 aliphatic rings. The molecule has 0 saturated carbocycles. The van der Waals surface area contributed by atoms with Gasteiger partial charge in [-0.25, -0.2) is 9.78 Å². The number of rotatable bonds is 9. The molecule has 2 aromatic carbocycles. The number of ether oxygens (including phenoxy) is 2. The molecular weight excluding hydrogens is 416 g/mol. The summed E-state index contributed by atoms with van der Waals surface area (Å²) in [6.45, 7) is 4.30. The van der Waals surface area contributed by atoms with Crippen LogP contribution < -0.4 is 4.74 Å². The van der Waals surface area contributed by atoms with Gasteiger partial charge in [-0.15, -0.1) is 0 Å². The first-order valence-electron chi connectivity index (χ1n) is 10.9. The lowest BCUT2D eigenvalue weighted by atomic mass is 9.92. The highest BCUT2D eigenvalue weighted by Gasteiger charge is 2.36. The van der Waals surface area contributed by atoms with Crippen LogP contribution in [0.3, 0.4) is 0 Å². The van der Waals surface area contributed by atoms with E-state index >= 15 is 0 Å². The minimum Gasteiger partial charge on any atom is -0.493 e. The third kappa shape index (κ3) is 5.00. The van der Waals surface area contributed by atoms with Crippen LogP contribution in [0, 0.1) is 6.92 Å². The Kier molecular flexibility index (Phi) is 6.63. The van der Waals surface area contributed by atoms with Gasteiger partial charge in [-0.05, 0) is 55.8 Å². The highest BCUT2D eigenvalue weighted by atomic mass is 16.5. The predicted octanol–water partition coefficient (Wildman–Crippen LogP) is 5.20. The summed E-state index contributed by atoms with van der Waals surface area (Å²) in [5.74, 6) is 1.92. The average Bonchev–Trinajstić information content (AvgIpc) is 3.51. The van der Waals surface area contributed by atoms with Crippen molar-refractivity contribution in [1.29, 1.82) is 0 Å². The van der Waals surface area contributed by atoms with Crippen LogP contribution in [0.4, 0.5) is 0 Å². The lowest BCUT2D eigenvalue weighted by Crippen LogP contribution is -2.41. The van der Waals surface area contributed by atoms with Crippen LogP contribution in [0.15, 0.2) is 83.5 Å². The molecule has 33 heavy (non-hydrogen) atoms. The van der Waals surface area contributed by atoms with E-state index in [-0.39, 0.29) is 5.97 Å². The molecule has 4 rings (SSSR count). The number of hydrogen-bond donors (Lipinski definition) is 0. The molecule has 4 aromatic rings. The predicted molar refractivity (Wildman–Crippen MR) is 126 cm³/mol. The maximum absolute atomic E-state index is 12.5. The standard InChI is InChI=1S/C27H28N2O4/c1-20-24(28-25(33-20)22-9-5-4-6-10-22)15-18-32-23-13-11-21(12-14-23)19-27(2,26(30)31-3)29-16-7-8-17-29/h4-14,16-17H,15,18-19H2,1-3H3. The van der Waals surface area contributed by atoms with Crippen molar-refractivity contribution in [2.24, 2.45) is 0 Å². The number of carbonyl (C=O) groups is 1. The van der Waals surface area contributed by atoms with Crippen molar-refractivity contribution < 1.29 is 18.7 Å². The summed E-state index contributed by atoms with van der Waals surface area (Å²) in [5, 5.41) is 0. The molecule has 170 valence electrons. The number of oxazole rings is 1. The van der Waals surface area contributed by atoms with Gasteiger partial charge in [0.15, 0.2) is 0 Å². The monoisotopic (exact) mass is 444 g/mol. The zero-order valence-corrected chi connectivity index (χ0v) is 19.2. The Morgan fingerprint density at radius 2 is 1.73 bits per heavy atom. The molecule has 2 heterocycles. The van der Waals surface area contributed by atoms with Gasteiger partial charge in [-0.1, -0.05) is 30.3 Å². The largest absolute Gasteiger partial charge is 0.493 e. The van der Waals surface area contributed by atoms with Crippen LogP contribution in [0.25, 0.3) is 11.5 Å². The molecule has 0 spiro atoms. The topological polar surface area (TPSA) is 66.5 Å². The second-order valence-corrected chi connectivity index (χ2v) is 8.16. The lowest BCUT2D eigenvalue weighted by molar-refractivity contribution is -0.150. The maximum Gasteiger partial charge on any atom is 0.332 e. The van der Waals surface area contributed by atoms with E-state index in [0.29, 0.717) is 25.3 Å². The molecule has 6 heteroatoms. The van der Waals surface area contributed by atoms with Gasteiger partial charge < -0.3 is 18.5 Å². The Bertz CT molecular complexity index is 1180. The van der Waals surface area contributed by atoms with Crippen LogP contribution in [0.1, 0.15) is 23.9 Å². The number of benzene rings is 2. The van der Waals surface area contributed by atoms with E-state index < -0.39 is 5.54 Å². The first kappa shape index (κ1) is 22.4. The second-order valence-electron chi connectivity index (χ2n) is 8.16. The van der Waals surface area contributed by atoms with Crippen LogP contribution in [0.2, 0.25) is 0 Å². The Balaban J connectivity index is 1.37. The van der Waals surface area contributed by atoms with Crippen molar-refractivity contribution in [2.45, 2.75) is 32.2 Å². The minimum atomic E-state index is -0.818. The third-order valence-corrected chi connectivity index (χ3v) is 5.79. The van der Waals surface area contributed by atoms with Gasteiger partial charge >= 0.3 is 5.97 Å². The quantitative estimate of drug-likeness (QED) is 0.332. The zero-order valence-electron chi connectivity index (χ0n) is 19.2. The summed E-state index contributed by atoms with van der Waals surface area (Å²) in [6.07, 6.45) is 4.92. The van der Waals surface area contributed by atoms with E-state index in [9.17, 15) is 4.79 Å². The molecule has 1 atom stereocenters. The molecule has 0 fully saturated rings. The van der Waals surface area contributed by atoms with Gasteiger partial charge in [0.1, 0.15) is 17.0 Å². The Morgan fingerprint density at radius 1 is 1.03 bits per heavy atom. The van der Waals surface area contributed by atoms with Crippen molar-refractivity contribution in [1.82, 2.24) is 9.55 Å². The van der Waals surface area contributed by atoms with Gasteiger partial charge in [0.25, 0.3) is 0 Å². The number of aromatic nitrogens is 2. The molecule has 0 aliphatic heterocycles. The lowest BCUT2D eigenvalue weighted by Gasteiger charge is -2.29. The molecule has 2 aromatic heterocycles. The summed E-state index contributed by atoms with van der Waals surface area (Å²) in [5.41, 5.74) is 2.05. The van der Waals surface area contributed by atoms with E-state index in [1.807, 2.05) is 97.5 Å². The highest BCUT2D eigenvalue weighted by Crippen LogP contribution is 2.26. The van der Waals surface area contributed by atoms with Crippen LogP contribution in [0.5, 0.6) is 5.75 Å². The second kappa shape index (κ2) is 9.77. The fourth-order valence-electron chi connectivity index (χ4n) is 3.88. The van der Waals surface area contributed by atoms with Crippen molar-refractivity contribution in [3.05, 3.63) is 96.1 Å². The van der Waals surface area contributed by atoms with Crippen LogP contribution in [-0.4, -0.2) is 29.2 Å². The van der Waals surface area contributed by atoms with Crippen molar-refractivity contribution >= 4 is 5.97 Å². The number of carbonyl (C=O) groups excluding carboxylic acids is 1. The average molecular weight is 445 g/mol.